The summed E-state index contributed by atoms with van der Waals surface area (Å²) in [6.07, 6.45) is 4.79. The molecule has 0 radical (unpaired) electrons. The van der Waals surface area contributed by atoms with E-state index in [0.717, 1.165) is 43.2 Å². The summed E-state index contributed by atoms with van der Waals surface area (Å²) in [7, 11) is -3.53. The molecule has 3 rings (SSSR count). The topological polar surface area (TPSA) is 46.6 Å². The van der Waals surface area contributed by atoms with Crippen molar-refractivity contribution in [1.29, 1.82) is 0 Å². The summed E-state index contributed by atoms with van der Waals surface area (Å²) in [5, 5.41) is 0. The maximum Gasteiger partial charge on any atom is 0.243 e. The van der Waals surface area contributed by atoms with Gasteiger partial charge in [-0.1, -0.05) is 67.8 Å². The van der Waals surface area contributed by atoms with Crippen LogP contribution in [0.4, 0.5) is 0 Å². The number of ether oxygens (including phenoxy) is 1. The Kier molecular flexibility index (Phi) is 7.27. The van der Waals surface area contributed by atoms with Crippen LogP contribution in [0.3, 0.4) is 0 Å². The molecule has 1 aliphatic heterocycles. The molecule has 0 aliphatic carbocycles. The summed E-state index contributed by atoms with van der Waals surface area (Å²) in [5.74, 6) is 0. The van der Waals surface area contributed by atoms with E-state index in [0.29, 0.717) is 18.1 Å². The van der Waals surface area contributed by atoms with Crippen LogP contribution in [0.5, 0.6) is 0 Å². The molecule has 1 fully saturated rings. The molecule has 1 aliphatic rings. The van der Waals surface area contributed by atoms with Gasteiger partial charge in [0, 0.05) is 12.1 Å². The van der Waals surface area contributed by atoms with Crippen LogP contribution in [-0.4, -0.2) is 31.4 Å². The van der Waals surface area contributed by atoms with Gasteiger partial charge in [0.05, 0.1) is 18.1 Å². The van der Waals surface area contributed by atoms with Gasteiger partial charge in [-0.15, -0.1) is 0 Å². The zero-order valence-electron chi connectivity index (χ0n) is 16.9. The lowest BCUT2D eigenvalue weighted by molar-refractivity contribution is 0.0820. The number of aryl methyl sites for hydroxylation is 1. The van der Waals surface area contributed by atoms with Crippen molar-refractivity contribution in [2.24, 2.45) is 0 Å². The molecule has 28 heavy (non-hydrogen) atoms. The van der Waals surface area contributed by atoms with Crippen molar-refractivity contribution in [3.8, 4) is 0 Å². The van der Waals surface area contributed by atoms with E-state index in [1.165, 1.54) is 0 Å². The SMILES string of the molecule is CCCC[C@H]1CC[C@@H](COCc2ccccc2)N1S(=O)(=O)c1ccc(C)cc1. The number of hydrogen-bond acceptors (Lipinski definition) is 3. The maximum atomic E-state index is 13.4. The average Bonchev–Trinajstić information content (AvgIpc) is 3.11. The van der Waals surface area contributed by atoms with E-state index in [1.54, 1.807) is 16.4 Å². The Morgan fingerprint density at radius 3 is 2.36 bits per heavy atom. The molecular weight excluding hydrogens is 370 g/mol. The van der Waals surface area contributed by atoms with Gasteiger partial charge in [-0.2, -0.15) is 4.31 Å². The van der Waals surface area contributed by atoms with Crippen molar-refractivity contribution in [1.82, 2.24) is 4.31 Å². The smallest absolute Gasteiger partial charge is 0.243 e. The van der Waals surface area contributed by atoms with E-state index in [4.69, 9.17) is 4.74 Å². The normalized spacial score (nSPS) is 20.5. The Hall–Kier alpha value is -1.69. The van der Waals surface area contributed by atoms with Gasteiger partial charge in [0.1, 0.15) is 0 Å². The fourth-order valence-electron chi connectivity index (χ4n) is 3.92. The summed E-state index contributed by atoms with van der Waals surface area (Å²) in [5.41, 5.74) is 2.17. The first-order valence-corrected chi connectivity index (χ1v) is 11.7. The van der Waals surface area contributed by atoms with Crippen molar-refractivity contribution >= 4 is 10.0 Å². The lowest BCUT2D eigenvalue weighted by Crippen LogP contribution is -2.43. The monoisotopic (exact) mass is 401 g/mol. The summed E-state index contributed by atoms with van der Waals surface area (Å²) < 4.78 is 34.5. The molecule has 4 nitrogen and oxygen atoms in total. The van der Waals surface area contributed by atoms with Crippen LogP contribution in [0, 0.1) is 6.92 Å². The zero-order valence-corrected chi connectivity index (χ0v) is 17.7. The Balaban J connectivity index is 1.75. The van der Waals surface area contributed by atoms with E-state index in [9.17, 15) is 8.42 Å². The second-order valence-electron chi connectivity index (χ2n) is 7.68. The molecule has 0 spiro atoms. The predicted molar refractivity (Wildman–Crippen MR) is 113 cm³/mol. The van der Waals surface area contributed by atoms with Crippen LogP contribution in [0.2, 0.25) is 0 Å². The van der Waals surface area contributed by atoms with Gasteiger partial charge in [0.2, 0.25) is 10.0 Å². The van der Waals surface area contributed by atoms with Crippen LogP contribution in [-0.2, 0) is 21.4 Å². The number of sulfonamides is 1. The summed E-state index contributed by atoms with van der Waals surface area (Å²) in [6, 6.07) is 17.2. The Morgan fingerprint density at radius 1 is 1.00 bits per heavy atom. The highest BCUT2D eigenvalue weighted by Gasteiger charge is 2.41. The standard InChI is InChI=1S/C23H31NO3S/c1-3-4-10-21-13-14-22(18-27-17-20-8-6-5-7-9-20)24(21)28(25,26)23-15-11-19(2)12-16-23/h5-9,11-12,15-16,21-22H,3-4,10,13-14,17-18H2,1-2H3/t21-,22-/m0/s1. The minimum atomic E-state index is -3.53. The quantitative estimate of drug-likeness (QED) is 0.599. The van der Waals surface area contributed by atoms with Crippen LogP contribution in [0.1, 0.15) is 50.2 Å². The van der Waals surface area contributed by atoms with Gasteiger partial charge >= 0.3 is 0 Å². The van der Waals surface area contributed by atoms with E-state index >= 15 is 0 Å². The highest BCUT2D eigenvalue weighted by atomic mass is 32.2. The van der Waals surface area contributed by atoms with Gasteiger partial charge < -0.3 is 4.74 Å². The van der Waals surface area contributed by atoms with Gasteiger partial charge in [0.25, 0.3) is 0 Å². The van der Waals surface area contributed by atoms with Crippen molar-refractivity contribution in [3.05, 3.63) is 65.7 Å². The fraction of sp³-hybridized carbons (Fsp3) is 0.478. The Labute approximate surface area is 169 Å². The lowest BCUT2D eigenvalue weighted by Gasteiger charge is -2.29. The maximum absolute atomic E-state index is 13.4. The molecule has 0 bridgehead atoms. The summed E-state index contributed by atoms with van der Waals surface area (Å²) in [6.45, 7) is 5.06. The van der Waals surface area contributed by atoms with Crippen LogP contribution >= 0.6 is 0 Å². The molecule has 0 aromatic heterocycles. The highest BCUT2D eigenvalue weighted by molar-refractivity contribution is 7.89. The predicted octanol–water partition coefficient (Wildman–Crippen LogP) is 4.92. The molecule has 5 heteroatoms. The molecular formula is C23H31NO3S. The first kappa shape index (κ1) is 21.0. The third-order valence-electron chi connectivity index (χ3n) is 5.46. The van der Waals surface area contributed by atoms with Gasteiger partial charge in [-0.05, 0) is 43.9 Å². The molecule has 1 heterocycles. The number of rotatable bonds is 9. The largest absolute Gasteiger partial charge is 0.375 e. The first-order chi connectivity index (χ1) is 13.5. The van der Waals surface area contributed by atoms with Crippen LogP contribution < -0.4 is 0 Å². The molecule has 2 atom stereocenters. The molecule has 0 saturated carbocycles. The van der Waals surface area contributed by atoms with Crippen molar-refractivity contribution in [2.45, 2.75) is 69.5 Å². The van der Waals surface area contributed by atoms with Crippen molar-refractivity contribution in [2.75, 3.05) is 6.61 Å². The number of benzene rings is 2. The van der Waals surface area contributed by atoms with E-state index in [2.05, 4.69) is 6.92 Å². The third-order valence-corrected chi connectivity index (χ3v) is 7.48. The molecule has 0 N–H and O–H groups in total. The average molecular weight is 402 g/mol. The van der Waals surface area contributed by atoms with Gasteiger partial charge in [0.15, 0.2) is 0 Å². The Bertz CT molecular complexity index is 834. The molecule has 2 aromatic carbocycles. The van der Waals surface area contributed by atoms with Crippen LogP contribution in [0.25, 0.3) is 0 Å². The first-order valence-electron chi connectivity index (χ1n) is 10.2. The molecule has 2 aromatic rings. The number of unbranched alkanes of at least 4 members (excludes halogenated alkanes) is 1. The van der Waals surface area contributed by atoms with Crippen molar-refractivity contribution < 1.29 is 13.2 Å². The van der Waals surface area contributed by atoms with E-state index in [-0.39, 0.29) is 12.1 Å². The second kappa shape index (κ2) is 9.68. The highest BCUT2D eigenvalue weighted by Crippen LogP contribution is 2.34. The number of nitrogens with zero attached hydrogens (tertiary/aromatic N) is 1. The fourth-order valence-corrected chi connectivity index (χ4v) is 5.80. The molecule has 1 saturated heterocycles. The third kappa shape index (κ3) is 5.02. The molecule has 152 valence electrons. The lowest BCUT2D eigenvalue weighted by atomic mass is 10.1. The van der Waals surface area contributed by atoms with Gasteiger partial charge in [-0.3, -0.25) is 0 Å². The summed E-state index contributed by atoms with van der Waals surface area (Å²) >= 11 is 0. The second-order valence-corrected chi connectivity index (χ2v) is 9.52. The van der Waals surface area contributed by atoms with Crippen LogP contribution in [0.15, 0.2) is 59.5 Å². The van der Waals surface area contributed by atoms with Gasteiger partial charge in [-0.25, -0.2) is 8.42 Å². The van der Waals surface area contributed by atoms with Crippen molar-refractivity contribution in [3.63, 3.8) is 0 Å². The summed E-state index contributed by atoms with van der Waals surface area (Å²) in [4.78, 5) is 0.384. The minimum Gasteiger partial charge on any atom is -0.375 e. The Morgan fingerprint density at radius 2 is 1.68 bits per heavy atom. The zero-order chi connectivity index (χ0) is 20.0. The number of hydrogen-bond donors (Lipinski definition) is 0. The van der Waals surface area contributed by atoms with E-state index < -0.39 is 10.0 Å². The molecule has 0 amide bonds. The minimum absolute atomic E-state index is 0.0663. The van der Waals surface area contributed by atoms with E-state index in [1.807, 2.05) is 49.4 Å². The molecule has 0 unspecified atom stereocenters.